The highest BCUT2D eigenvalue weighted by Gasteiger charge is 2.41. The minimum Gasteiger partial charge on any atom is -0.344 e. The maximum absolute atomic E-state index is 10.7. The molecule has 2 atom stereocenters. The van der Waals surface area contributed by atoms with Crippen LogP contribution in [-0.4, -0.2) is 23.2 Å². The Morgan fingerprint density at radius 1 is 1.45 bits per heavy atom. The summed E-state index contributed by atoms with van der Waals surface area (Å²) < 4.78 is 10.5. The zero-order chi connectivity index (χ0) is 8.65. The highest BCUT2D eigenvalue weighted by molar-refractivity contribution is 6.64. The molecule has 1 fully saturated rings. The van der Waals surface area contributed by atoms with Crippen LogP contribution < -0.4 is 0 Å². The largest absolute Gasteiger partial charge is 0.344 e. The minimum atomic E-state index is -0.686. The molecule has 1 rings (SSSR count). The lowest BCUT2D eigenvalue weighted by Gasteiger charge is -2.15. The molecule has 0 amide bonds. The van der Waals surface area contributed by atoms with Gasteiger partial charge in [-0.15, -0.1) is 0 Å². The van der Waals surface area contributed by atoms with Crippen molar-refractivity contribution in [1.82, 2.24) is 0 Å². The van der Waals surface area contributed by atoms with Crippen molar-refractivity contribution in [1.29, 1.82) is 0 Å². The molecule has 64 valence electrons. The van der Waals surface area contributed by atoms with E-state index in [0.717, 1.165) is 0 Å². The Morgan fingerprint density at radius 2 is 2.00 bits per heavy atom. The second-order valence-corrected chi connectivity index (χ2v) is 3.44. The van der Waals surface area contributed by atoms with Crippen molar-refractivity contribution in [3.63, 3.8) is 0 Å². The standard InChI is InChI=1S/C7H11ClO3/c1-4-5(6(8)9)11-7(2,3)10-4/h4-5H,1-3H3. The van der Waals surface area contributed by atoms with Crippen LogP contribution in [0.15, 0.2) is 0 Å². The Bertz CT molecular complexity index is 179. The number of halogens is 1. The summed E-state index contributed by atoms with van der Waals surface area (Å²) in [6.07, 6.45) is -0.873. The third-order valence-electron chi connectivity index (χ3n) is 1.53. The summed E-state index contributed by atoms with van der Waals surface area (Å²) in [5.74, 6) is -0.686. The molecule has 0 aromatic rings. The van der Waals surface area contributed by atoms with E-state index in [2.05, 4.69) is 0 Å². The van der Waals surface area contributed by atoms with Crippen LogP contribution in [0.25, 0.3) is 0 Å². The van der Waals surface area contributed by atoms with Gasteiger partial charge < -0.3 is 9.47 Å². The summed E-state index contributed by atoms with van der Waals surface area (Å²) >= 11 is 5.26. The highest BCUT2D eigenvalue weighted by Crippen LogP contribution is 2.28. The van der Waals surface area contributed by atoms with E-state index in [1.54, 1.807) is 20.8 Å². The first-order valence-electron chi connectivity index (χ1n) is 3.47. The van der Waals surface area contributed by atoms with Gasteiger partial charge in [0.05, 0.1) is 6.10 Å². The molecule has 0 radical (unpaired) electrons. The second kappa shape index (κ2) is 2.73. The molecule has 2 unspecified atom stereocenters. The lowest BCUT2D eigenvalue weighted by Crippen LogP contribution is -2.26. The lowest BCUT2D eigenvalue weighted by atomic mass is 10.2. The molecule has 0 aromatic heterocycles. The predicted molar refractivity (Wildman–Crippen MR) is 40.4 cm³/mol. The van der Waals surface area contributed by atoms with Gasteiger partial charge in [0.25, 0.3) is 5.24 Å². The molecular weight excluding hydrogens is 168 g/mol. The average Bonchev–Trinajstić information content (AvgIpc) is 2.05. The summed E-state index contributed by atoms with van der Waals surface area (Å²) in [6, 6.07) is 0. The van der Waals surface area contributed by atoms with Gasteiger partial charge in [-0.05, 0) is 32.4 Å². The van der Waals surface area contributed by atoms with Crippen LogP contribution in [0.4, 0.5) is 0 Å². The van der Waals surface area contributed by atoms with E-state index in [0.29, 0.717) is 0 Å². The van der Waals surface area contributed by atoms with Gasteiger partial charge in [-0.3, -0.25) is 4.79 Å². The van der Waals surface area contributed by atoms with E-state index in [1.165, 1.54) is 0 Å². The van der Waals surface area contributed by atoms with Crippen LogP contribution in [0.3, 0.4) is 0 Å². The van der Waals surface area contributed by atoms with E-state index < -0.39 is 17.1 Å². The minimum absolute atomic E-state index is 0.255. The first kappa shape index (κ1) is 8.97. The van der Waals surface area contributed by atoms with Crippen LogP contribution in [-0.2, 0) is 14.3 Å². The van der Waals surface area contributed by atoms with Crippen molar-refractivity contribution >= 4 is 16.8 Å². The number of carbonyl (C=O) groups excluding carboxylic acids is 1. The fraction of sp³-hybridized carbons (Fsp3) is 0.857. The molecule has 11 heavy (non-hydrogen) atoms. The Kier molecular flexibility index (Phi) is 2.23. The molecule has 0 spiro atoms. The molecule has 4 heteroatoms. The van der Waals surface area contributed by atoms with E-state index in [4.69, 9.17) is 21.1 Å². The molecular formula is C7H11ClO3. The molecule has 0 aromatic carbocycles. The van der Waals surface area contributed by atoms with Crippen molar-refractivity contribution in [3.05, 3.63) is 0 Å². The monoisotopic (exact) mass is 178 g/mol. The van der Waals surface area contributed by atoms with Crippen molar-refractivity contribution < 1.29 is 14.3 Å². The van der Waals surface area contributed by atoms with Crippen LogP contribution in [0.1, 0.15) is 20.8 Å². The molecule has 0 aliphatic carbocycles. The quantitative estimate of drug-likeness (QED) is 0.568. The molecule has 0 N–H and O–H groups in total. The van der Waals surface area contributed by atoms with E-state index in [9.17, 15) is 4.79 Å². The fourth-order valence-corrected chi connectivity index (χ4v) is 1.39. The Hall–Kier alpha value is -0.120. The topological polar surface area (TPSA) is 35.5 Å². The van der Waals surface area contributed by atoms with Gasteiger partial charge in [0.1, 0.15) is 0 Å². The van der Waals surface area contributed by atoms with Gasteiger partial charge in [0, 0.05) is 0 Å². The van der Waals surface area contributed by atoms with Crippen molar-refractivity contribution in [2.24, 2.45) is 0 Å². The Balaban J connectivity index is 2.66. The number of hydrogen-bond acceptors (Lipinski definition) is 3. The molecule has 1 saturated heterocycles. The summed E-state index contributed by atoms with van der Waals surface area (Å²) in [7, 11) is 0. The molecule has 1 heterocycles. The van der Waals surface area contributed by atoms with Gasteiger partial charge in [0.15, 0.2) is 11.9 Å². The fourth-order valence-electron chi connectivity index (χ4n) is 1.17. The lowest BCUT2D eigenvalue weighted by molar-refractivity contribution is -0.150. The normalized spacial score (nSPS) is 35.6. The van der Waals surface area contributed by atoms with E-state index in [-0.39, 0.29) is 6.10 Å². The average molecular weight is 179 g/mol. The number of carbonyl (C=O) groups is 1. The third-order valence-corrected chi connectivity index (χ3v) is 1.75. The summed E-state index contributed by atoms with van der Waals surface area (Å²) in [5, 5.41) is -0.497. The van der Waals surface area contributed by atoms with Gasteiger partial charge in [-0.2, -0.15) is 0 Å². The molecule has 3 nitrogen and oxygen atoms in total. The summed E-state index contributed by atoms with van der Waals surface area (Å²) in [4.78, 5) is 10.7. The SMILES string of the molecule is CC1OC(C)(C)OC1C(=O)Cl. The van der Waals surface area contributed by atoms with Crippen LogP contribution in [0, 0.1) is 0 Å². The number of hydrogen-bond donors (Lipinski definition) is 0. The first-order chi connectivity index (χ1) is 4.92. The van der Waals surface area contributed by atoms with E-state index in [1.807, 2.05) is 0 Å². The molecule has 1 aliphatic rings. The smallest absolute Gasteiger partial charge is 0.253 e. The van der Waals surface area contributed by atoms with E-state index >= 15 is 0 Å². The zero-order valence-corrected chi connectivity index (χ0v) is 7.51. The zero-order valence-electron chi connectivity index (χ0n) is 6.76. The maximum Gasteiger partial charge on any atom is 0.253 e. The Morgan fingerprint density at radius 3 is 2.18 bits per heavy atom. The first-order valence-corrected chi connectivity index (χ1v) is 3.85. The third kappa shape index (κ3) is 1.92. The van der Waals surface area contributed by atoms with Gasteiger partial charge in [-0.25, -0.2) is 0 Å². The molecule has 1 aliphatic heterocycles. The number of ether oxygens (including phenoxy) is 2. The maximum atomic E-state index is 10.7. The van der Waals surface area contributed by atoms with Crippen molar-refractivity contribution in [3.8, 4) is 0 Å². The van der Waals surface area contributed by atoms with Gasteiger partial charge >= 0.3 is 0 Å². The second-order valence-electron chi connectivity index (χ2n) is 3.07. The van der Waals surface area contributed by atoms with Crippen molar-refractivity contribution in [2.45, 2.75) is 38.8 Å². The van der Waals surface area contributed by atoms with Crippen molar-refractivity contribution in [2.75, 3.05) is 0 Å². The summed E-state index contributed by atoms with van der Waals surface area (Å²) in [6.45, 7) is 5.27. The highest BCUT2D eigenvalue weighted by atomic mass is 35.5. The van der Waals surface area contributed by atoms with Crippen LogP contribution >= 0.6 is 11.6 Å². The molecule has 0 saturated carbocycles. The predicted octanol–water partition coefficient (Wildman–Crippen LogP) is 1.29. The molecule has 0 bridgehead atoms. The summed E-state index contributed by atoms with van der Waals surface area (Å²) in [5.41, 5.74) is 0. The van der Waals surface area contributed by atoms with Crippen LogP contribution in [0.5, 0.6) is 0 Å². The number of rotatable bonds is 1. The Labute approximate surface area is 70.6 Å². The van der Waals surface area contributed by atoms with Gasteiger partial charge in [0.2, 0.25) is 0 Å². The van der Waals surface area contributed by atoms with Gasteiger partial charge in [-0.1, -0.05) is 0 Å². The van der Waals surface area contributed by atoms with Crippen LogP contribution in [0.2, 0.25) is 0 Å².